The number of hydrogen-bond acceptors (Lipinski definition) is 3. The summed E-state index contributed by atoms with van der Waals surface area (Å²) in [4.78, 5) is 32.5. The van der Waals surface area contributed by atoms with Gasteiger partial charge in [0.1, 0.15) is 5.69 Å². The number of hydrogen-bond donors (Lipinski definition) is 1. The lowest BCUT2D eigenvalue weighted by Gasteiger charge is -2.36. The molecular weight excluding hydrogens is 467 g/mol. The number of rotatable bonds is 8. The SMILES string of the molecule is C=CC(=O)C(C)CC.CCCc1c(CC)[nH]c2c1C(CC)N(C(=O)c1ccc(C(F)(F)F)nc1)CC2. The molecule has 0 aliphatic carbocycles. The van der Waals surface area contributed by atoms with Crippen LogP contribution >= 0.6 is 0 Å². The summed E-state index contributed by atoms with van der Waals surface area (Å²) < 4.78 is 38.2. The summed E-state index contributed by atoms with van der Waals surface area (Å²) in [6.45, 7) is 14.1. The molecule has 1 aliphatic heterocycles. The number of aromatic amines is 1. The van der Waals surface area contributed by atoms with Gasteiger partial charge in [0.25, 0.3) is 5.91 Å². The first-order valence-corrected chi connectivity index (χ1v) is 12.8. The lowest BCUT2D eigenvalue weighted by atomic mass is 9.90. The fourth-order valence-corrected chi connectivity index (χ4v) is 4.57. The molecule has 0 spiro atoms. The van der Waals surface area contributed by atoms with E-state index in [1.807, 2.05) is 20.8 Å². The molecule has 2 unspecified atom stereocenters. The molecule has 1 aliphatic rings. The van der Waals surface area contributed by atoms with Crippen LogP contribution in [0.15, 0.2) is 31.0 Å². The van der Waals surface area contributed by atoms with E-state index in [4.69, 9.17) is 0 Å². The van der Waals surface area contributed by atoms with Crippen molar-refractivity contribution in [2.75, 3.05) is 6.54 Å². The van der Waals surface area contributed by atoms with Crippen LogP contribution in [-0.4, -0.2) is 33.1 Å². The standard InChI is InChI=1S/C21H26F3N3O.C7H12O/c1-4-7-14-15(5-2)26-16-10-11-27(17(6-3)19(14)16)20(28)13-8-9-18(25-12-13)21(22,23)24;1-4-6(3)7(8)5-2/h8-9,12,17,26H,4-7,10-11H2,1-3H3;5-6H,2,4H2,1,3H3. The number of fused-ring (bicyclic) bond motifs is 1. The number of amides is 1. The highest BCUT2D eigenvalue weighted by molar-refractivity contribution is 5.94. The predicted octanol–water partition coefficient (Wildman–Crippen LogP) is 6.88. The number of aromatic nitrogens is 2. The second kappa shape index (κ2) is 12.9. The summed E-state index contributed by atoms with van der Waals surface area (Å²) in [5.74, 6) is 0.0421. The Morgan fingerprint density at radius 2 is 1.94 bits per heavy atom. The monoisotopic (exact) mass is 505 g/mol. The van der Waals surface area contributed by atoms with Crippen LogP contribution in [0.25, 0.3) is 0 Å². The lowest BCUT2D eigenvalue weighted by Crippen LogP contribution is -2.40. The summed E-state index contributed by atoms with van der Waals surface area (Å²) in [7, 11) is 0. The fourth-order valence-electron chi connectivity index (χ4n) is 4.57. The zero-order valence-electron chi connectivity index (χ0n) is 22.0. The molecule has 198 valence electrons. The van der Waals surface area contributed by atoms with Crippen molar-refractivity contribution < 1.29 is 22.8 Å². The third-order valence-electron chi connectivity index (χ3n) is 6.73. The Kier molecular flexibility index (Phi) is 10.5. The number of pyridine rings is 1. The van der Waals surface area contributed by atoms with Crippen molar-refractivity contribution >= 4 is 11.7 Å². The Bertz CT molecular complexity index is 1040. The number of allylic oxidation sites excluding steroid dienone is 1. The van der Waals surface area contributed by atoms with Crippen molar-refractivity contribution in [3.05, 3.63) is 64.8 Å². The number of alkyl halides is 3. The fraction of sp³-hybridized carbons (Fsp3) is 0.536. The maximum Gasteiger partial charge on any atom is 0.433 e. The van der Waals surface area contributed by atoms with E-state index in [9.17, 15) is 22.8 Å². The molecule has 0 saturated heterocycles. The number of H-pyrrole nitrogens is 1. The molecule has 0 aromatic carbocycles. The topological polar surface area (TPSA) is 66.1 Å². The Balaban J connectivity index is 0.000000493. The van der Waals surface area contributed by atoms with Crippen molar-refractivity contribution in [3.63, 3.8) is 0 Å². The first-order valence-electron chi connectivity index (χ1n) is 12.8. The van der Waals surface area contributed by atoms with Gasteiger partial charge in [-0.25, -0.2) is 0 Å². The largest absolute Gasteiger partial charge is 0.433 e. The number of aryl methyl sites for hydroxylation is 1. The minimum absolute atomic E-state index is 0.0726. The zero-order valence-corrected chi connectivity index (χ0v) is 22.0. The average Bonchev–Trinajstić information content (AvgIpc) is 3.24. The summed E-state index contributed by atoms with van der Waals surface area (Å²) in [5, 5.41) is 0. The van der Waals surface area contributed by atoms with Gasteiger partial charge in [-0.1, -0.05) is 47.6 Å². The van der Waals surface area contributed by atoms with Gasteiger partial charge < -0.3 is 9.88 Å². The number of carbonyl (C=O) groups excluding carboxylic acids is 2. The van der Waals surface area contributed by atoms with Crippen LogP contribution in [0, 0.1) is 5.92 Å². The molecule has 0 radical (unpaired) electrons. The Morgan fingerprint density at radius 3 is 2.39 bits per heavy atom. The highest BCUT2D eigenvalue weighted by Crippen LogP contribution is 2.38. The van der Waals surface area contributed by atoms with Crippen molar-refractivity contribution in [3.8, 4) is 0 Å². The van der Waals surface area contributed by atoms with Crippen molar-refractivity contribution in [1.29, 1.82) is 0 Å². The van der Waals surface area contributed by atoms with E-state index in [1.165, 1.54) is 34.7 Å². The van der Waals surface area contributed by atoms with Gasteiger partial charge in [-0.05, 0) is 55.0 Å². The highest BCUT2D eigenvalue weighted by atomic mass is 19.4. The number of carbonyl (C=O) groups is 2. The van der Waals surface area contributed by atoms with Crippen LogP contribution in [0.1, 0.15) is 98.5 Å². The first kappa shape index (κ1) is 29.3. The van der Waals surface area contributed by atoms with E-state index in [0.717, 1.165) is 50.8 Å². The maximum atomic E-state index is 13.1. The third-order valence-corrected chi connectivity index (χ3v) is 6.73. The molecule has 1 N–H and O–H groups in total. The third kappa shape index (κ3) is 6.65. The average molecular weight is 506 g/mol. The number of halogens is 3. The Labute approximate surface area is 212 Å². The van der Waals surface area contributed by atoms with Crippen LogP contribution < -0.4 is 0 Å². The molecule has 2 aromatic heterocycles. The molecule has 2 atom stereocenters. The van der Waals surface area contributed by atoms with Crippen molar-refractivity contribution in [2.24, 2.45) is 5.92 Å². The molecule has 0 saturated carbocycles. The molecule has 0 fully saturated rings. The minimum Gasteiger partial charge on any atom is -0.362 e. The minimum atomic E-state index is -4.51. The molecule has 0 bridgehead atoms. The van der Waals surface area contributed by atoms with E-state index in [1.54, 1.807) is 4.90 Å². The molecule has 36 heavy (non-hydrogen) atoms. The van der Waals surface area contributed by atoms with Gasteiger partial charge in [0, 0.05) is 36.5 Å². The molecule has 3 heterocycles. The second-order valence-electron chi connectivity index (χ2n) is 9.10. The molecule has 8 heteroatoms. The summed E-state index contributed by atoms with van der Waals surface area (Å²) in [5.41, 5.74) is 4.15. The van der Waals surface area contributed by atoms with Crippen LogP contribution in [-0.2, 0) is 30.2 Å². The number of nitrogens with zero attached hydrogens (tertiary/aromatic N) is 2. The van der Waals surface area contributed by atoms with E-state index in [-0.39, 0.29) is 29.2 Å². The molecule has 5 nitrogen and oxygen atoms in total. The predicted molar refractivity (Wildman–Crippen MR) is 136 cm³/mol. The zero-order chi connectivity index (χ0) is 27.0. The van der Waals surface area contributed by atoms with E-state index in [0.29, 0.717) is 6.54 Å². The van der Waals surface area contributed by atoms with Crippen molar-refractivity contribution in [2.45, 2.75) is 85.4 Å². The van der Waals surface area contributed by atoms with Gasteiger partial charge in [-0.15, -0.1) is 0 Å². The van der Waals surface area contributed by atoms with E-state index in [2.05, 4.69) is 30.4 Å². The van der Waals surface area contributed by atoms with Gasteiger partial charge >= 0.3 is 6.18 Å². The normalized spacial score (nSPS) is 16.0. The van der Waals surface area contributed by atoms with Gasteiger partial charge in [0.05, 0.1) is 11.6 Å². The van der Waals surface area contributed by atoms with Crippen LogP contribution in [0.5, 0.6) is 0 Å². The van der Waals surface area contributed by atoms with E-state index >= 15 is 0 Å². The van der Waals surface area contributed by atoms with Gasteiger partial charge in [0.2, 0.25) is 0 Å². The van der Waals surface area contributed by atoms with Crippen LogP contribution in [0.2, 0.25) is 0 Å². The maximum absolute atomic E-state index is 13.1. The van der Waals surface area contributed by atoms with Gasteiger partial charge in [0.15, 0.2) is 5.78 Å². The van der Waals surface area contributed by atoms with Gasteiger partial charge in [-0.3, -0.25) is 14.6 Å². The smallest absolute Gasteiger partial charge is 0.362 e. The van der Waals surface area contributed by atoms with Crippen molar-refractivity contribution in [1.82, 2.24) is 14.9 Å². The molecule has 3 rings (SSSR count). The highest BCUT2D eigenvalue weighted by Gasteiger charge is 2.35. The van der Waals surface area contributed by atoms with E-state index < -0.39 is 11.9 Å². The van der Waals surface area contributed by atoms with Gasteiger partial charge in [-0.2, -0.15) is 13.2 Å². The number of ketones is 1. The summed E-state index contributed by atoms with van der Waals surface area (Å²) >= 11 is 0. The van der Waals surface area contributed by atoms with Crippen LogP contribution in [0.4, 0.5) is 13.2 Å². The number of nitrogens with one attached hydrogen (secondary N) is 1. The van der Waals surface area contributed by atoms with Crippen LogP contribution in [0.3, 0.4) is 0 Å². The molecule has 1 amide bonds. The summed E-state index contributed by atoms with van der Waals surface area (Å²) in [6.07, 6.45) is 3.18. The summed E-state index contributed by atoms with van der Waals surface area (Å²) in [6, 6.07) is 2.02. The lowest BCUT2D eigenvalue weighted by molar-refractivity contribution is -0.141. The quantitative estimate of drug-likeness (QED) is 0.398. The first-order chi connectivity index (χ1) is 17.0. The molecular formula is C28H38F3N3O2. The Hall–Kier alpha value is -2.90. The second-order valence-corrected chi connectivity index (χ2v) is 9.10. The Morgan fingerprint density at radius 1 is 1.25 bits per heavy atom. The molecule has 2 aromatic rings.